The van der Waals surface area contributed by atoms with E-state index in [0.717, 1.165) is 56.7 Å². The molecule has 19 heavy (non-hydrogen) atoms. The molecule has 0 bridgehead atoms. The van der Waals surface area contributed by atoms with E-state index in [-0.39, 0.29) is 13.2 Å². The number of hydrogen-bond acceptors (Lipinski definition) is 2. The predicted octanol–water partition coefficient (Wildman–Crippen LogP) is 3.16. The molecule has 4 unspecified atom stereocenters. The van der Waals surface area contributed by atoms with Gasteiger partial charge in [0, 0.05) is 30.8 Å². The van der Waals surface area contributed by atoms with Crippen LogP contribution in [0.2, 0.25) is 0 Å². The van der Waals surface area contributed by atoms with Gasteiger partial charge in [0.25, 0.3) is 5.91 Å². The Morgan fingerprint density at radius 1 is 1.53 bits per heavy atom. The van der Waals surface area contributed by atoms with Gasteiger partial charge in [-0.2, -0.15) is 0 Å². The second-order valence-electron chi connectivity index (χ2n) is 4.59. The van der Waals surface area contributed by atoms with Crippen LogP contribution in [0.1, 0.15) is 35.7 Å². The van der Waals surface area contributed by atoms with Crippen LogP contribution in [0.5, 0.6) is 0 Å². The van der Waals surface area contributed by atoms with Gasteiger partial charge < -0.3 is 4.90 Å². The topological polar surface area (TPSA) is 33.2 Å². The Kier molecular flexibility index (Phi) is 6.11. The van der Waals surface area contributed by atoms with Crippen molar-refractivity contribution in [2.75, 3.05) is 13.1 Å². The molecule has 1 aromatic rings. The largest absolute Gasteiger partial charge is 0.338 e. The van der Waals surface area contributed by atoms with Gasteiger partial charge in [0.2, 0.25) is 0 Å². The molecule has 2 heterocycles. The third-order valence-corrected chi connectivity index (χ3v) is 13.4. The maximum atomic E-state index is 12.7. The third kappa shape index (κ3) is 3.51. The fourth-order valence-corrected chi connectivity index (χ4v) is 5.83. The van der Waals surface area contributed by atoms with E-state index in [0.29, 0.717) is 0 Å². The Labute approximate surface area is 122 Å². The fourth-order valence-electron chi connectivity index (χ4n) is 2.26. The molecule has 0 aromatic carbocycles. The highest BCUT2D eigenvalue weighted by atomic mass is 32.6. The highest BCUT2D eigenvalue weighted by Crippen LogP contribution is 2.65. The second-order valence-corrected chi connectivity index (χ2v) is 13.7. The van der Waals surface area contributed by atoms with Crippen LogP contribution in [0, 0.1) is 0 Å². The molecule has 0 radical (unpaired) electrons. The fraction of sp³-hybridized carbons (Fsp3) is 0.500. The lowest BCUT2D eigenvalue weighted by molar-refractivity contribution is 0.0739. The molecule has 1 aromatic heterocycles. The Hall–Kier alpha value is 0.340. The minimum atomic E-state index is -0.349. The number of hydrogen-bond donors (Lipinski definition) is 0. The first-order chi connectivity index (χ1) is 9.19. The van der Waals surface area contributed by atoms with E-state index in [1.165, 1.54) is 0 Å². The van der Waals surface area contributed by atoms with Gasteiger partial charge in [-0.3, -0.25) is 9.78 Å². The van der Waals surface area contributed by atoms with Crippen molar-refractivity contribution >= 4 is 44.3 Å². The zero-order chi connectivity index (χ0) is 13.8. The summed E-state index contributed by atoms with van der Waals surface area (Å²) in [5.41, 5.74) is 2.07. The summed E-state index contributed by atoms with van der Waals surface area (Å²) in [5.74, 6) is 0.213. The third-order valence-electron chi connectivity index (χ3n) is 3.34. The van der Waals surface area contributed by atoms with Crippen LogP contribution in [-0.4, -0.2) is 28.9 Å². The Balaban J connectivity index is 2.32. The van der Waals surface area contributed by atoms with Crippen LogP contribution < -0.4 is 5.30 Å². The van der Waals surface area contributed by atoms with Crippen LogP contribution in [-0.2, 0) is 6.42 Å². The van der Waals surface area contributed by atoms with Gasteiger partial charge >= 0.3 is 0 Å². The van der Waals surface area contributed by atoms with Crippen molar-refractivity contribution in [1.29, 1.82) is 0 Å². The predicted molar refractivity (Wildman–Crippen MR) is 93.0 cm³/mol. The molecule has 1 aliphatic rings. The molecule has 7 heteroatoms. The molecule has 0 saturated heterocycles. The normalized spacial score (nSPS) is 17.0. The SMILES string of the molecule is CCCCN1CCc2cncc(P(P)PP)c2C1=O. The lowest BCUT2D eigenvalue weighted by Crippen LogP contribution is -2.40. The average molecular weight is 332 g/mol. The summed E-state index contributed by atoms with van der Waals surface area (Å²) in [7, 11) is 6.08. The Morgan fingerprint density at radius 2 is 2.32 bits per heavy atom. The van der Waals surface area contributed by atoms with Crippen molar-refractivity contribution in [2.24, 2.45) is 0 Å². The van der Waals surface area contributed by atoms with E-state index >= 15 is 0 Å². The van der Waals surface area contributed by atoms with Crippen molar-refractivity contribution in [3.8, 4) is 0 Å². The quantitative estimate of drug-likeness (QED) is 0.776. The molecule has 104 valence electrons. The number of carbonyl (C=O) groups is 1. The molecular weight excluding hydrogens is 312 g/mol. The van der Waals surface area contributed by atoms with E-state index < -0.39 is 0 Å². The van der Waals surface area contributed by atoms with Gasteiger partial charge in [0.15, 0.2) is 0 Å². The van der Waals surface area contributed by atoms with Gasteiger partial charge in [0.1, 0.15) is 0 Å². The van der Waals surface area contributed by atoms with Gasteiger partial charge in [-0.05, 0) is 25.7 Å². The van der Waals surface area contributed by atoms with E-state index in [4.69, 9.17) is 0 Å². The summed E-state index contributed by atoms with van der Waals surface area (Å²) >= 11 is 0. The molecular formula is C12H20N2OP4. The molecule has 4 atom stereocenters. The van der Waals surface area contributed by atoms with Crippen molar-refractivity contribution < 1.29 is 4.79 Å². The second kappa shape index (κ2) is 7.38. The molecule has 0 aliphatic carbocycles. The molecule has 2 rings (SSSR count). The summed E-state index contributed by atoms with van der Waals surface area (Å²) in [6.45, 7) is 3.89. The van der Waals surface area contributed by atoms with Crippen LogP contribution in [0.3, 0.4) is 0 Å². The monoisotopic (exact) mass is 332 g/mol. The average Bonchev–Trinajstić information content (AvgIpc) is 2.45. The molecule has 0 fully saturated rings. The smallest absolute Gasteiger partial charge is 0.254 e. The van der Waals surface area contributed by atoms with Crippen molar-refractivity contribution in [3.05, 3.63) is 23.5 Å². The van der Waals surface area contributed by atoms with Crippen LogP contribution in [0.25, 0.3) is 0 Å². The van der Waals surface area contributed by atoms with Crippen LogP contribution >= 0.6 is 33.1 Å². The number of fused-ring (bicyclic) bond motifs is 1. The summed E-state index contributed by atoms with van der Waals surface area (Å²) in [4.78, 5) is 19.0. The Morgan fingerprint density at radius 3 is 3.00 bits per heavy atom. The van der Waals surface area contributed by atoms with E-state index in [1.54, 1.807) is 0 Å². The highest BCUT2D eigenvalue weighted by Gasteiger charge is 2.28. The van der Waals surface area contributed by atoms with Crippen LogP contribution in [0.15, 0.2) is 12.4 Å². The molecule has 0 spiro atoms. The number of nitrogens with zero attached hydrogens (tertiary/aromatic N) is 2. The van der Waals surface area contributed by atoms with E-state index in [1.807, 2.05) is 17.3 Å². The lowest BCUT2D eigenvalue weighted by Gasteiger charge is -2.30. The molecule has 0 N–H and O–H groups in total. The maximum absolute atomic E-state index is 12.7. The molecule has 3 nitrogen and oxygen atoms in total. The number of carbonyl (C=O) groups excluding carboxylic acids is 1. The first-order valence-corrected chi connectivity index (χ1v) is 13.1. The van der Waals surface area contributed by atoms with E-state index in [9.17, 15) is 4.79 Å². The Bertz CT molecular complexity index is 469. The summed E-state index contributed by atoms with van der Waals surface area (Å²) in [5, 5.41) is 1.15. The molecule has 1 amide bonds. The van der Waals surface area contributed by atoms with Crippen molar-refractivity contribution in [2.45, 2.75) is 26.2 Å². The number of aromatic nitrogens is 1. The van der Waals surface area contributed by atoms with Crippen molar-refractivity contribution in [3.63, 3.8) is 0 Å². The first kappa shape index (κ1) is 15.7. The van der Waals surface area contributed by atoms with Gasteiger partial charge in [-0.1, -0.05) is 21.3 Å². The van der Waals surface area contributed by atoms with Gasteiger partial charge in [-0.15, -0.1) is 17.9 Å². The molecule has 0 saturated carbocycles. The number of unbranched alkanes of at least 4 members (excludes halogenated alkanes) is 1. The minimum absolute atomic E-state index is 0.213. The lowest BCUT2D eigenvalue weighted by atomic mass is 10.0. The zero-order valence-electron chi connectivity index (χ0n) is 11.1. The summed E-state index contributed by atoms with van der Waals surface area (Å²) in [6.07, 6.45) is 6.91. The first-order valence-electron chi connectivity index (χ1n) is 6.46. The minimum Gasteiger partial charge on any atom is -0.338 e. The van der Waals surface area contributed by atoms with E-state index in [2.05, 4.69) is 29.8 Å². The van der Waals surface area contributed by atoms with Crippen LogP contribution in [0.4, 0.5) is 0 Å². The van der Waals surface area contributed by atoms with Gasteiger partial charge in [0.05, 0.1) is 5.56 Å². The number of pyridine rings is 1. The van der Waals surface area contributed by atoms with Crippen molar-refractivity contribution in [1.82, 2.24) is 9.88 Å². The summed E-state index contributed by atoms with van der Waals surface area (Å²) < 4.78 is 0. The molecule has 1 aliphatic heterocycles. The number of rotatable bonds is 5. The highest BCUT2D eigenvalue weighted by molar-refractivity contribution is 8.63. The standard InChI is InChI=1S/C12H20N2OP4/c1-2-3-5-14-6-4-9-7-13-8-10(19(17)18-16)11(9)12(14)15/h7-8,18H,2-6,16-17H2,1H3. The zero-order valence-corrected chi connectivity index (χ0v) is 15.3. The summed E-state index contributed by atoms with van der Waals surface area (Å²) in [6, 6.07) is 0. The maximum Gasteiger partial charge on any atom is 0.254 e. The van der Waals surface area contributed by atoms with Gasteiger partial charge in [-0.25, -0.2) is 0 Å². The number of amides is 1.